The molecule has 0 radical (unpaired) electrons. The van der Waals surface area contributed by atoms with Crippen LogP contribution < -0.4 is 5.32 Å². The lowest BCUT2D eigenvalue weighted by molar-refractivity contribution is -0.145. The van der Waals surface area contributed by atoms with Crippen LogP contribution in [0.15, 0.2) is 4.99 Å². The van der Waals surface area contributed by atoms with Gasteiger partial charge in [-0.15, -0.1) is 0 Å². The SMILES string of the molecule is CN=C(NCC1CN2CCN1CC2)N1CC(C)C(C(=O)OC)C1. The van der Waals surface area contributed by atoms with E-state index in [1.54, 1.807) is 0 Å². The Balaban J connectivity index is 1.53. The van der Waals surface area contributed by atoms with E-state index in [2.05, 4.69) is 31.9 Å². The van der Waals surface area contributed by atoms with Crippen LogP contribution >= 0.6 is 0 Å². The monoisotopic (exact) mass is 323 g/mol. The predicted molar refractivity (Wildman–Crippen MR) is 89.4 cm³/mol. The normalized spacial score (nSPS) is 37.1. The number of likely N-dealkylation sites (tertiary alicyclic amines) is 1. The molecule has 3 unspecified atom stereocenters. The van der Waals surface area contributed by atoms with E-state index < -0.39 is 0 Å². The number of hydrogen-bond donors (Lipinski definition) is 1. The summed E-state index contributed by atoms with van der Waals surface area (Å²) in [6.07, 6.45) is 0. The van der Waals surface area contributed by atoms with Gasteiger partial charge in [0.05, 0.1) is 13.0 Å². The molecule has 7 heteroatoms. The molecule has 4 aliphatic heterocycles. The third-order valence-corrected chi connectivity index (χ3v) is 5.52. The van der Waals surface area contributed by atoms with Gasteiger partial charge in [0.1, 0.15) is 0 Å². The highest BCUT2D eigenvalue weighted by molar-refractivity contribution is 5.82. The minimum atomic E-state index is -0.112. The number of nitrogens with zero attached hydrogens (tertiary/aromatic N) is 4. The molecule has 4 saturated heterocycles. The maximum atomic E-state index is 11.9. The molecule has 130 valence electrons. The Labute approximate surface area is 138 Å². The summed E-state index contributed by atoms with van der Waals surface area (Å²) in [4.78, 5) is 23.6. The zero-order valence-electron chi connectivity index (χ0n) is 14.5. The van der Waals surface area contributed by atoms with Crippen LogP contribution in [0.3, 0.4) is 0 Å². The van der Waals surface area contributed by atoms with Gasteiger partial charge in [-0.2, -0.15) is 0 Å². The molecule has 4 aliphatic rings. The number of guanidine groups is 1. The van der Waals surface area contributed by atoms with Crippen LogP contribution in [-0.4, -0.2) is 99.2 Å². The Morgan fingerprint density at radius 3 is 2.52 bits per heavy atom. The number of nitrogens with one attached hydrogen (secondary N) is 1. The van der Waals surface area contributed by atoms with Crippen molar-refractivity contribution in [1.29, 1.82) is 0 Å². The summed E-state index contributed by atoms with van der Waals surface area (Å²) < 4.78 is 4.92. The summed E-state index contributed by atoms with van der Waals surface area (Å²) in [6.45, 7) is 10.5. The smallest absolute Gasteiger partial charge is 0.310 e. The van der Waals surface area contributed by atoms with Crippen molar-refractivity contribution in [3.63, 3.8) is 0 Å². The molecule has 4 heterocycles. The number of piperazine rings is 3. The molecular formula is C16H29N5O2. The highest BCUT2D eigenvalue weighted by Crippen LogP contribution is 2.24. The molecule has 0 saturated carbocycles. The molecule has 0 aliphatic carbocycles. The summed E-state index contributed by atoms with van der Waals surface area (Å²) in [5.74, 6) is 1.03. The molecule has 2 bridgehead atoms. The van der Waals surface area contributed by atoms with E-state index in [-0.39, 0.29) is 11.9 Å². The van der Waals surface area contributed by atoms with Crippen molar-refractivity contribution in [1.82, 2.24) is 20.0 Å². The molecule has 0 spiro atoms. The fourth-order valence-corrected chi connectivity index (χ4v) is 4.06. The Hall–Kier alpha value is -1.34. The molecule has 0 amide bonds. The lowest BCUT2D eigenvalue weighted by Gasteiger charge is -2.47. The molecule has 3 atom stereocenters. The summed E-state index contributed by atoms with van der Waals surface area (Å²) in [7, 11) is 3.28. The third-order valence-electron chi connectivity index (χ3n) is 5.52. The van der Waals surface area contributed by atoms with Crippen LogP contribution in [0.25, 0.3) is 0 Å². The highest BCUT2D eigenvalue weighted by Gasteiger charge is 2.37. The van der Waals surface area contributed by atoms with Crippen molar-refractivity contribution in [3.05, 3.63) is 0 Å². The topological polar surface area (TPSA) is 60.4 Å². The van der Waals surface area contributed by atoms with Crippen molar-refractivity contribution in [2.24, 2.45) is 16.8 Å². The van der Waals surface area contributed by atoms with Gasteiger partial charge in [0.2, 0.25) is 0 Å². The zero-order valence-corrected chi connectivity index (χ0v) is 14.5. The summed E-state index contributed by atoms with van der Waals surface area (Å²) in [5, 5.41) is 3.52. The van der Waals surface area contributed by atoms with E-state index in [9.17, 15) is 4.79 Å². The number of ether oxygens (including phenoxy) is 1. The van der Waals surface area contributed by atoms with Gasteiger partial charge in [-0.1, -0.05) is 6.92 Å². The minimum Gasteiger partial charge on any atom is -0.469 e. The van der Waals surface area contributed by atoms with Crippen molar-refractivity contribution in [3.8, 4) is 0 Å². The van der Waals surface area contributed by atoms with Crippen LogP contribution in [0.1, 0.15) is 6.92 Å². The fraction of sp³-hybridized carbons (Fsp3) is 0.875. The second-order valence-electron chi connectivity index (χ2n) is 6.93. The first-order valence-electron chi connectivity index (χ1n) is 8.62. The predicted octanol–water partition coefficient (Wildman–Crippen LogP) is -0.697. The second kappa shape index (κ2) is 7.05. The number of hydrogen-bond acceptors (Lipinski definition) is 5. The van der Waals surface area contributed by atoms with Crippen LogP contribution in [-0.2, 0) is 9.53 Å². The molecule has 4 fully saturated rings. The quantitative estimate of drug-likeness (QED) is 0.421. The largest absolute Gasteiger partial charge is 0.469 e. The summed E-state index contributed by atoms with van der Waals surface area (Å²) in [5.41, 5.74) is 0. The van der Waals surface area contributed by atoms with Gasteiger partial charge in [-0.25, -0.2) is 0 Å². The van der Waals surface area contributed by atoms with Crippen molar-refractivity contribution >= 4 is 11.9 Å². The van der Waals surface area contributed by atoms with E-state index >= 15 is 0 Å². The van der Waals surface area contributed by atoms with Gasteiger partial charge < -0.3 is 15.0 Å². The lowest BCUT2D eigenvalue weighted by atomic mass is 9.99. The fourth-order valence-electron chi connectivity index (χ4n) is 4.06. The van der Waals surface area contributed by atoms with Gasteiger partial charge in [-0.05, 0) is 5.92 Å². The maximum Gasteiger partial charge on any atom is 0.310 e. The Bertz CT molecular complexity index is 461. The minimum absolute atomic E-state index is 0.0564. The third kappa shape index (κ3) is 3.45. The second-order valence-corrected chi connectivity index (χ2v) is 6.93. The summed E-state index contributed by atoms with van der Waals surface area (Å²) >= 11 is 0. The van der Waals surface area contributed by atoms with Crippen molar-refractivity contribution < 1.29 is 9.53 Å². The van der Waals surface area contributed by atoms with Gasteiger partial charge in [-0.3, -0.25) is 19.6 Å². The van der Waals surface area contributed by atoms with Gasteiger partial charge >= 0.3 is 5.97 Å². The van der Waals surface area contributed by atoms with Crippen LogP contribution in [0.2, 0.25) is 0 Å². The molecule has 4 rings (SSSR count). The average molecular weight is 323 g/mol. The molecular weight excluding hydrogens is 294 g/mol. The van der Waals surface area contributed by atoms with Crippen LogP contribution in [0.5, 0.6) is 0 Å². The number of esters is 1. The molecule has 0 aromatic heterocycles. The molecule has 1 N–H and O–H groups in total. The zero-order chi connectivity index (χ0) is 16.4. The number of aliphatic imine (C=N–C) groups is 1. The number of carbonyl (C=O) groups is 1. The van der Waals surface area contributed by atoms with E-state index in [1.165, 1.54) is 33.3 Å². The van der Waals surface area contributed by atoms with Gasteiger partial charge in [0.25, 0.3) is 0 Å². The Kier molecular flexibility index (Phi) is 5.06. The van der Waals surface area contributed by atoms with E-state index in [0.29, 0.717) is 18.5 Å². The number of carbonyl (C=O) groups excluding carboxylic acids is 1. The van der Waals surface area contributed by atoms with Gasteiger partial charge in [0, 0.05) is 65.4 Å². The van der Waals surface area contributed by atoms with E-state index in [0.717, 1.165) is 25.6 Å². The maximum absolute atomic E-state index is 11.9. The molecule has 0 aromatic rings. The average Bonchev–Trinajstić information content (AvgIpc) is 2.97. The lowest BCUT2D eigenvalue weighted by Crippen LogP contribution is -2.63. The van der Waals surface area contributed by atoms with Gasteiger partial charge in [0.15, 0.2) is 5.96 Å². The standard InChI is InChI=1S/C16H29N5O2/c1-12-9-21(11-14(12)15(22)23-3)16(17-2)18-8-13-10-19-4-6-20(13)7-5-19/h12-14H,4-11H2,1-3H3,(H,17,18). The number of methoxy groups -OCH3 is 1. The Morgan fingerprint density at radius 2 is 1.96 bits per heavy atom. The highest BCUT2D eigenvalue weighted by atomic mass is 16.5. The first kappa shape index (κ1) is 16.5. The molecule has 7 nitrogen and oxygen atoms in total. The Morgan fingerprint density at radius 1 is 1.22 bits per heavy atom. The first-order valence-corrected chi connectivity index (χ1v) is 8.62. The van der Waals surface area contributed by atoms with E-state index in [1.807, 2.05) is 7.05 Å². The van der Waals surface area contributed by atoms with Crippen LogP contribution in [0, 0.1) is 11.8 Å². The van der Waals surface area contributed by atoms with Crippen molar-refractivity contribution in [2.45, 2.75) is 13.0 Å². The van der Waals surface area contributed by atoms with E-state index in [4.69, 9.17) is 4.74 Å². The first-order chi connectivity index (χ1) is 11.1. The van der Waals surface area contributed by atoms with Crippen LogP contribution in [0.4, 0.5) is 0 Å². The molecule has 23 heavy (non-hydrogen) atoms. The molecule has 0 aromatic carbocycles. The number of rotatable bonds is 3. The number of fused-ring (bicyclic) bond motifs is 3. The van der Waals surface area contributed by atoms with Crippen molar-refractivity contribution in [2.75, 3.05) is 66.5 Å². The summed E-state index contributed by atoms with van der Waals surface area (Å²) in [6, 6.07) is 0.561.